The summed E-state index contributed by atoms with van der Waals surface area (Å²) >= 11 is 0. The summed E-state index contributed by atoms with van der Waals surface area (Å²) < 4.78 is 0. The van der Waals surface area contributed by atoms with Gasteiger partial charge in [-0.3, -0.25) is 4.79 Å². The van der Waals surface area contributed by atoms with E-state index >= 15 is 0 Å². The zero-order chi connectivity index (χ0) is 12.9. The van der Waals surface area contributed by atoms with Crippen LogP contribution in [-0.2, 0) is 4.79 Å². The summed E-state index contributed by atoms with van der Waals surface area (Å²) in [6, 6.07) is 0.0722. The molecule has 0 saturated heterocycles. The SMILES string of the molecule is CC(C)(C)C(=O)CNC(=O)NC1CCCCC1. The van der Waals surface area contributed by atoms with E-state index in [9.17, 15) is 9.59 Å². The molecule has 1 rings (SSSR count). The van der Waals surface area contributed by atoms with Gasteiger partial charge in [-0.2, -0.15) is 0 Å². The predicted molar refractivity (Wildman–Crippen MR) is 67.9 cm³/mol. The largest absolute Gasteiger partial charge is 0.335 e. The Balaban J connectivity index is 2.23. The molecular formula is C13H24N2O2. The van der Waals surface area contributed by atoms with E-state index < -0.39 is 5.41 Å². The average molecular weight is 240 g/mol. The number of nitrogens with one attached hydrogen (secondary N) is 2. The summed E-state index contributed by atoms with van der Waals surface area (Å²) in [5, 5.41) is 5.56. The molecule has 1 aliphatic rings. The predicted octanol–water partition coefficient (Wildman–Crippen LogP) is 2.23. The van der Waals surface area contributed by atoms with Crippen molar-refractivity contribution in [2.75, 3.05) is 6.54 Å². The summed E-state index contributed by atoms with van der Waals surface area (Å²) in [7, 11) is 0. The summed E-state index contributed by atoms with van der Waals surface area (Å²) in [5.41, 5.74) is -0.391. The van der Waals surface area contributed by atoms with Gasteiger partial charge in [-0.25, -0.2) is 4.79 Å². The van der Waals surface area contributed by atoms with Gasteiger partial charge in [-0.1, -0.05) is 40.0 Å². The highest BCUT2D eigenvalue weighted by atomic mass is 16.2. The van der Waals surface area contributed by atoms with Gasteiger partial charge in [0.05, 0.1) is 6.54 Å². The first kappa shape index (κ1) is 14.0. The molecule has 0 aromatic carbocycles. The van der Waals surface area contributed by atoms with Crippen LogP contribution in [0.4, 0.5) is 4.79 Å². The number of ketones is 1. The molecule has 0 spiro atoms. The highest BCUT2D eigenvalue weighted by Gasteiger charge is 2.22. The van der Waals surface area contributed by atoms with Crippen LogP contribution in [0.1, 0.15) is 52.9 Å². The van der Waals surface area contributed by atoms with Crippen LogP contribution in [0, 0.1) is 5.41 Å². The number of Topliss-reactive ketones (excluding diaryl/α,β-unsaturated/α-hetero) is 1. The molecule has 0 aliphatic heterocycles. The second-order valence-corrected chi connectivity index (χ2v) is 5.84. The first-order valence-electron chi connectivity index (χ1n) is 6.47. The second kappa shape index (κ2) is 6.03. The smallest absolute Gasteiger partial charge is 0.315 e. The van der Waals surface area contributed by atoms with E-state index in [1.807, 2.05) is 20.8 Å². The summed E-state index contributed by atoms with van der Waals surface area (Å²) in [5.74, 6) is 0.0521. The Bertz CT molecular complexity index is 276. The minimum atomic E-state index is -0.391. The third kappa shape index (κ3) is 5.20. The zero-order valence-electron chi connectivity index (χ0n) is 11.1. The molecule has 1 saturated carbocycles. The van der Waals surface area contributed by atoms with Crippen LogP contribution in [0.25, 0.3) is 0 Å². The number of hydrogen-bond acceptors (Lipinski definition) is 2. The van der Waals surface area contributed by atoms with Crippen molar-refractivity contribution in [3.05, 3.63) is 0 Å². The van der Waals surface area contributed by atoms with Gasteiger partial charge in [0.2, 0.25) is 0 Å². The van der Waals surface area contributed by atoms with E-state index in [-0.39, 0.29) is 24.4 Å². The third-order valence-electron chi connectivity index (χ3n) is 3.19. The molecule has 0 atom stereocenters. The maximum Gasteiger partial charge on any atom is 0.315 e. The molecule has 4 nitrogen and oxygen atoms in total. The van der Waals surface area contributed by atoms with Gasteiger partial charge in [-0.15, -0.1) is 0 Å². The van der Waals surface area contributed by atoms with Crippen LogP contribution >= 0.6 is 0 Å². The standard InChI is InChI=1S/C13H24N2O2/c1-13(2,3)11(16)9-14-12(17)15-10-7-5-4-6-8-10/h10H,4-9H2,1-3H3,(H2,14,15,17). The van der Waals surface area contributed by atoms with Crippen LogP contribution in [0.3, 0.4) is 0 Å². The average Bonchev–Trinajstić information content (AvgIpc) is 2.26. The molecule has 2 N–H and O–H groups in total. The molecule has 1 aliphatic carbocycles. The molecular weight excluding hydrogens is 216 g/mol. The fourth-order valence-corrected chi connectivity index (χ4v) is 1.91. The highest BCUT2D eigenvalue weighted by molar-refractivity contribution is 5.88. The minimum absolute atomic E-state index is 0.0521. The summed E-state index contributed by atoms with van der Waals surface area (Å²) in [4.78, 5) is 23.2. The van der Waals surface area contributed by atoms with Gasteiger partial charge in [0.25, 0.3) is 0 Å². The van der Waals surface area contributed by atoms with Crippen molar-refractivity contribution in [3.63, 3.8) is 0 Å². The monoisotopic (exact) mass is 240 g/mol. The van der Waals surface area contributed by atoms with Gasteiger partial charge in [-0.05, 0) is 12.8 Å². The molecule has 0 aromatic rings. The van der Waals surface area contributed by atoms with Crippen molar-refractivity contribution in [1.29, 1.82) is 0 Å². The van der Waals surface area contributed by atoms with E-state index in [4.69, 9.17) is 0 Å². The molecule has 0 unspecified atom stereocenters. The number of hydrogen-bond donors (Lipinski definition) is 2. The topological polar surface area (TPSA) is 58.2 Å². The Morgan fingerprint density at radius 2 is 1.71 bits per heavy atom. The Morgan fingerprint density at radius 3 is 2.24 bits per heavy atom. The first-order chi connectivity index (χ1) is 7.89. The molecule has 1 fully saturated rings. The lowest BCUT2D eigenvalue weighted by Crippen LogP contribution is -2.45. The van der Waals surface area contributed by atoms with Crippen LogP contribution in [-0.4, -0.2) is 24.4 Å². The second-order valence-electron chi connectivity index (χ2n) is 5.84. The van der Waals surface area contributed by atoms with Gasteiger partial charge in [0.1, 0.15) is 0 Å². The van der Waals surface area contributed by atoms with Gasteiger partial charge >= 0.3 is 6.03 Å². The number of rotatable bonds is 3. The molecule has 0 heterocycles. The summed E-state index contributed by atoms with van der Waals surface area (Å²) in [6.45, 7) is 5.68. The fourth-order valence-electron chi connectivity index (χ4n) is 1.91. The van der Waals surface area contributed by atoms with Crippen molar-refractivity contribution < 1.29 is 9.59 Å². The Morgan fingerprint density at radius 1 is 1.12 bits per heavy atom. The Kier molecular flexibility index (Phi) is 4.97. The Hall–Kier alpha value is -1.06. The minimum Gasteiger partial charge on any atom is -0.335 e. The van der Waals surface area contributed by atoms with Crippen molar-refractivity contribution in [3.8, 4) is 0 Å². The zero-order valence-corrected chi connectivity index (χ0v) is 11.1. The van der Waals surface area contributed by atoms with E-state index in [0.29, 0.717) is 0 Å². The van der Waals surface area contributed by atoms with Crippen molar-refractivity contribution in [1.82, 2.24) is 10.6 Å². The van der Waals surface area contributed by atoms with Crippen molar-refractivity contribution in [2.24, 2.45) is 5.41 Å². The van der Waals surface area contributed by atoms with Crippen molar-refractivity contribution in [2.45, 2.75) is 58.9 Å². The van der Waals surface area contributed by atoms with Crippen LogP contribution in [0.15, 0.2) is 0 Å². The lowest BCUT2D eigenvalue weighted by atomic mass is 9.91. The Labute approximate surface area is 104 Å². The molecule has 0 radical (unpaired) electrons. The van der Waals surface area contributed by atoms with Crippen LogP contribution < -0.4 is 10.6 Å². The lowest BCUT2D eigenvalue weighted by Gasteiger charge is -2.23. The van der Waals surface area contributed by atoms with Gasteiger partial charge in [0, 0.05) is 11.5 Å². The highest BCUT2D eigenvalue weighted by Crippen LogP contribution is 2.17. The van der Waals surface area contributed by atoms with Crippen LogP contribution in [0.5, 0.6) is 0 Å². The van der Waals surface area contributed by atoms with E-state index in [0.717, 1.165) is 12.8 Å². The number of amides is 2. The fraction of sp³-hybridized carbons (Fsp3) is 0.846. The van der Waals surface area contributed by atoms with E-state index in [1.54, 1.807) is 0 Å². The maximum atomic E-state index is 11.6. The summed E-state index contributed by atoms with van der Waals surface area (Å²) in [6.07, 6.45) is 5.75. The quantitative estimate of drug-likeness (QED) is 0.794. The van der Waals surface area contributed by atoms with Crippen LogP contribution in [0.2, 0.25) is 0 Å². The van der Waals surface area contributed by atoms with Gasteiger partial charge in [0.15, 0.2) is 5.78 Å². The molecule has 0 bridgehead atoms. The number of urea groups is 1. The molecule has 98 valence electrons. The first-order valence-corrected chi connectivity index (χ1v) is 6.47. The van der Waals surface area contributed by atoms with E-state index in [1.165, 1.54) is 19.3 Å². The molecule has 2 amide bonds. The maximum absolute atomic E-state index is 11.6. The van der Waals surface area contributed by atoms with Crippen molar-refractivity contribution >= 4 is 11.8 Å². The van der Waals surface area contributed by atoms with E-state index in [2.05, 4.69) is 10.6 Å². The number of carbonyl (C=O) groups is 2. The molecule has 17 heavy (non-hydrogen) atoms. The lowest BCUT2D eigenvalue weighted by molar-refractivity contribution is -0.125. The number of carbonyl (C=O) groups excluding carboxylic acids is 2. The third-order valence-corrected chi connectivity index (χ3v) is 3.19. The molecule has 4 heteroatoms. The molecule has 0 aromatic heterocycles. The van der Waals surface area contributed by atoms with Gasteiger partial charge < -0.3 is 10.6 Å². The normalized spacial score (nSPS) is 17.6.